The molecule has 1 aromatic carbocycles. The molecular formula is C28H32F4N6O2S. The van der Waals surface area contributed by atoms with Gasteiger partial charge in [0.2, 0.25) is 11.9 Å². The van der Waals surface area contributed by atoms with Gasteiger partial charge in [0, 0.05) is 54.4 Å². The number of rotatable bonds is 7. The minimum Gasteiger partial charge on any atom is -0.381 e. The number of hydrogen-bond acceptors (Lipinski definition) is 7. The Morgan fingerprint density at radius 3 is 2.90 bits per heavy atom. The lowest BCUT2D eigenvalue weighted by Gasteiger charge is -2.26. The van der Waals surface area contributed by atoms with Crippen molar-refractivity contribution in [3.8, 4) is 0 Å². The van der Waals surface area contributed by atoms with Crippen molar-refractivity contribution in [1.82, 2.24) is 25.4 Å². The predicted octanol–water partition coefficient (Wildman–Crippen LogP) is 4.69. The van der Waals surface area contributed by atoms with E-state index in [1.54, 1.807) is 6.20 Å². The van der Waals surface area contributed by atoms with E-state index in [9.17, 15) is 22.4 Å². The highest BCUT2D eigenvalue weighted by Crippen LogP contribution is 2.45. The number of pyridine rings is 1. The molecule has 3 aromatic rings. The standard InChI is InChI=1S/C28H32F4N6O2S/c29-25-10-16-3-6-23(20(16)12-33-25)41-24-15-38(18-2-1-8-40-9-7-18)14-22(24)35-26(39)13-34-27-19-11-17(28(30,31)32)4-5-21(19)36-37-27/h4-5,10-12,18,22-24H,1-3,6-9,13-15H2,(H,35,39)(H2,34,36,37). The number of ether oxygens (including phenoxy) is 1. The molecule has 0 bridgehead atoms. The van der Waals surface area contributed by atoms with Gasteiger partial charge in [0.1, 0.15) is 0 Å². The average Bonchev–Trinajstić information content (AvgIpc) is 3.57. The zero-order valence-corrected chi connectivity index (χ0v) is 23.2. The largest absolute Gasteiger partial charge is 0.416 e. The van der Waals surface area contributed by atoms with Crippen molar-refractivity contribution in [2.75, 3.05) is 38.2 Å². The summed E-state index contributed by atoms with van der Waals surface area (Å²) in [5.74, 6) is -0.528. The molecule has 6 rings (SSSR count). The van der Waals surface area contributed by atoms with Gasteiger partial charge < -0.3 is 15.4 Å². The molecule has 2 aliphatic heterocycles. The molecule has 4 atom stereocenters. The van der Waals surface area contributed by atoms with Crippen LogP contribution in [0.1, 0.15) is 47.6 Å². The van der Waals surface area contributed by atoms with Crippen LogP contribution in [0.25, 0.3) is 10.9 Å². The molecule has 2 saturated heterocycles. The monoisotopic (exact) mass is 592 g/mol. The molecule has 3 N–H and O–H groups in total. The number of anilines is 1. The van der Waals surface area contributed by atoms with E-state index < -0.39 is 17.7 Å². The van der Waals surface area contributed by atoms with E-state index >= 15 is 0 Å². The number of hydrogen-bond donors (Lipinski definition) is 3. The van der Waals surface area contributed by atoms with E-state index in [1.807, 2.05) is 11.8 Å². The number of thioether (sulfide) groups is 1. The number of H-pyrrole nitrogens is 1. The smallest absolute Gasteiger partial charge is 0.381 e. The van der Waals surface area contributed by atoms with Gasteiger partial charge in [-0.15, -0.1) is 11.8 Å². The number of carbonyl (C=O) groups is 1. The first-order chi connectivity index (χ1) is 19.7. The number of aryl methyl sites for hydroxylation is 1. The van der Waals surface area contributed by atoms with Crippen LogP contribution in [-0.4, -0.2) is 76.2 Å². The van der Waals surface area contributed by atoms with E-state index in [2.05, 4.69) is 30.7 Å². The zero-order valence-electron chi connectivity index (χ0n) is 22.3. The lowest BCUT2D eigenvalue weighted by atomic mass is 10.1. The van der Waals surface area contributed by atoms with Gasteiger partial charge in [0.25, 0.3) is 0 Å². The van der Waals surface area contributed by atoms with Crippen LogP contribution in [0.2, 0.25) is 0 Å². The number of fused-ring (bicyclic) bond motifs is 2. The van der Waals surface area contributed by atoms with E-state index in [-0.39, 0.29) is 40.2 Å². The Hall–Kier alpha value is -2.90. The summed E-state index contributed by atoms with van der Waals surface area (Å²) in [6, 6.07) is 5.13. The van der Waals surface area contributed by atoms with Gasteiger partial charge in [-0.1, -0.05) is 0 Å². The fourth-order valence-electron chi connectivity index (χ4n) is 6.16. The third-order valence-electron chi connectivity index (χ3n) is 8.24. The third-order valence-corrected chi connectivity index (χ3v) is 9.88. The maximum absolute atomic E-state index is 13.7. The van der Waals surface area contributed by atoms with Crippen LogP contribution in [0.15, 0.2) is 30.5 Å². The first-order valence-corrected chi connectivity index (χ1v) is 14.9. The SMILES string of the molecule is O=C(CNc1n[nH]c2ccc(C(F)(F)F)cc12)NC1CN(C2CCCOCC2)CC1SC1CCc2cc(F)ncc21. The lowest BCUT2D eigenvalue weighted by molar-refractivity contribution is -0.137. The molecule has 4 unspecified atom stereocenters. The van der Waals surface area contributed by atoms with E-state index in [1.165, 1.54) is 12.1 Å². The number of aromatic amines is 1. The molecule has 220 valence electrons. The van der Waals surface area contributed by atoms with Crippen LogP contribution in [0.5, 0.6) is 0 Å². The summed E-state index contributed by atoms with van der Waals surface area (Å²) in [7, 11) is 0. The molecule has 13 heteroatoms. The number of likely N-dealkylation sites (tertiary alicyclic amines) is 1. The molecule has 2 fully saturated rings. The van der Waals surface area contributed by atoms with Crippen molar-refractivity contribution >= 4 is 34.4 Å². The molecule has 1 amide bonds. The van der Waals surface area contributed by atoms with Crippen LogP contribution in [0.4, 0.5) is 23.4 Å². The van der Waals surface area contributed by atoms with Crippen LogP contribution >= 0.6 is 11.8 Å². The number of halogens is 4. The van der Waals surface area contributed by atoms with Gasteiger partial charge in [-0.25, -0.2) is 4.98 Å². The molecule has 8 nitrogen and oxygen atoms in total. The minimum atomic E-state index is -4.48. The number of carbonyl (C=O) groups excluding carboxylic acids is 1. The molecule has 4 heterocycles. The third kappa shape index (κ3) is 6.31. The fraction of sp³-hybridized carbons (Fsp3) is 0.536. The van der Waals surface area contributed by atoms with Crippen molar-refractivity contribution in [3.63, 3.8) is 0 Å². The lowest BCUT2D eigenvalue weighted by Crippen LogP contribution is -2.44. The number of nitrogens with zero attached hydrogens (tertiary/aromatic N) is 3. The summed E-state index contributed by atoms with van der Waals surface area (Å²) in [6.45, 7) is 2.88. The number of benzene rings is 1. The van der Waals surface area contributed by atoms with Crippen molar-refractivity contribution < 1.29 is 27.1 Å². The van der Waals surface area contributed by atoms with Crippen LogP contribution in [0.3, 0.4) is 0 Å². The van der Waals surface area contributed by atoms with Crippen LogP contribution < -0.4 is 10.6 Å². The van der Waals surface area contributed by atoms with E-state index in [0.717, 1.165) is 75.1 Å². The number of nitrogens with one attached hydrogen (secondary N) is 3. The Morgan fingerprint density at radius 2 is 2.05 bits per heavy atom. The van der Waals surface area contributed by atoms with Crippen molar-refractivity contribution in [2.45, 2.75) is 60.9 Å². The number of amides is 1. The van der Waals surface area contributed by atoms with Gasteiger partial charge in [0.05, 0.1) is 23.7 Å². The summed E-state index contributed by atoms with van der Waals surface area (Å²) in [5.41, 5.74) is 1.73. The van der Waals surface area contributed by atoms with Gasteiger partial charge in [-0.3, -0.25) is 14.8 Å². The fourth-order valence-corrected chi connectivity index (χ4v) is 7.81. The second kappa shape index (κ2) is 11.8. The van der Waals surface area contributed by atoms with E-state index in [0.29, 0.717) is 18.1 Å². The maximum Gasteiger partial charge on any atom is 0.416 e. The average molecular weight is 593 g/mol. The molecular weight excluding hydrogens is 560 g/mol. The Morgan fingerprint density at radius 1 is 1.17 bits per heavy atom. The van der Waals surface area contributed by atoms with Crippen LogP contribution in [0, 0.1) is 5.95 Å². The summed E-state index contributed by atoms with van der Waals surface area (Å²) in [6.07, 6.45) is 1.85. The molecule has 0 spiro atoms. The summed E-state index contributed by atoms with van der Waals surface area (Å²) >= 11 is 1.81. The second-order valence-corrected chi connectivity index (χ2v) is 12.4. The normalized spacial score (nSPS) is 25.3. The van der Waals surface area contributed by atoms with Crippen molar-refractivity contribution in [2.24, 2.45) is 0 Å². The topological polar surface area (TPSA) is 95.2 Å². The number of aromatic nitrogens is 3. The summed E-state index contributed by atoms with van der Waals surface area (Å²) in [4.78, 5) is 19.4. The highest BCUT2D eigenvalue weighted by Gasteiger charge is 2.40. The molecule has 0 radical (unpaired) electrons. The highest BCUT2D eigenvalue weighted by molar-refractivity contribution is 8.00. The molecule has 0 saturated carbocycles. The van der Waals surface area contributed by atoms with E-state index in [4.69, 9.17) is 4.74 Å². The molecule has 3 aliphatic rings. The molecule has 41 heavy (non-hydrogen) atoms. The Labute approximate surface area is 239 Å². The Kier molecular flexibility index (Phi) is 8.10. The van der Waals surface area contributed by atoms with Crippen molar-refractivity contribution in [3.05, 3.63) is 53.1 Å². The van der Waals surface area contributed by atoms with Crippen molar-refractivity contribution in [1.29, 1.82) is 0 Å². The highest BCUT2D eigenvalue weighted by atomic mass is 32.2. The van der Waals surface area contributed by atoms with Crippen LogP contribution in [-0.2, 0) is 22.1 Å². The van der Waals surface area contributed by atoms with Gasteiger partial charge in [-0.2, -0.15) is 22.7 Å². The van der Waals surface area contributed by atoms with Gasteiger partial charge >= 0.3 is 6.18 Å². The predicted molar refractivity (Wildman–Crippen MR) is 148 cm³/mol. The maximum atomic E-state index is 13.7. The van der Waals surface area contributed by atoms with Gasteiger partial charge in [-0.05, 0) is 67.5 Å². The molecule has 2 aromatic heterocycles. The first-order valence-electron chi connectivity index (χ1n) is 13.9. The second-order valence-electron chi connectivity index (χ2n) is 10.9. The summed E-state index contributed by atoms with van der Waals surface area (Å²) in [5, 5.41) is 13.4. The quantitative estimate of drug-likeness (QED) is 0.271. The van der Waals surface area contributed by atoms with Gasteiger partial charge in [0.15, 0.2) is 5.82 Å². The Balaban J connectivity index is 1.14. The number of alkyl halides is 3. The minimum absolute atomic E-state index is 0.115. The first kappa shape index (κ1) is 28.2. The molecule has 1 aliphatic carbocycles. The zero-order chi connectivity index (χ0) is 28.6. The Bertz CT molecular complexity index is 1390. The summed E-state index contributed by atoms with van der Waals surface area (Å²) < 4.78 is 59.0.